The second-order valence-corrected chi connectivity index (χ2v) is 5.65. The number of carbonyl (C=O) groups is 2. The fourth-order valence-corrected chi connectivity index (χ4v) is 2.37. The first kappa shape index (κ1) is 18.4. The van der Waals surface area contributed by atoms with Crippen LogP contribution in [0.25, 0.3) is 0 Å². The molecule has 0 spiro atoms. The van der Waals surface area contributed by atoms with Crippen LogP contribution < -0.4 is 10.1 Å². The van der Waals surface area contributed by atoms with Gasteiger partial charge in [-0.15, -0.1) is 0 Å². The Hall–Kier alpha value is -2.89. The van der Waals surface area contributed by atoms with Gasteiger partial charge in [0.15, 0.2) is 0 Å². The minimum absolute atomic E-state index is 0.0179. The van der Waals surface area contributed by atoms with E-state index >= 15 is 0 Å². The molecule has 0 fully saturated rings. The van der Waals surface area contributed by atoms with Gasteiger partial charge in [-0.3, -0.25) is 14.6 Å². The zero-order valence-electron chi connectivity index (χ0n) is 14.6. The molecule has 1 N–H and O–H groups in total. The van der Waals surface area contributed by atoms with Crippen LogP contribution in [0.5, 0.6) is 5.75 Å². The Morgan fingerprint density at radius 2 is 2.04 bits per heavy atom. The average Bonchev–Trinajstić information content (AvgIpc) is 2.62. The molecule has 6 heteroatoms. The Bertz CT molecular complexity index is 704. The monoisotopic (exact) mass is 341 g/mol. The molecule has 132 valence electrons. The minimum Gasteiger partial charge on any atom is -0.497 e. The molecule has 25 heavy (non-hydrogen) atoms. The van der Waals surface area contributed by atoms with Crippen LogP contribution in [0.4, 0.5) is 0 Å². The molecule has 0 radical (unpaired) electrons. The van der Waals surface area contributed by atoms with E-state index in [-0.39, 0.29) is 18.4 Å². The number of pyridine rings is 1. The third kappa shape index (κ3) is 6.25. The number of aromatic nitrogens is 1. The number of carbonyl (C=O) groups excluding carboxylic acids is 2. The van der Waals surface area contributed by atoms with E-state index in [9.17, 15) is 9.59 Å². The van der Waals surface area contributed by atoms with Crippen LogP contribution in [0.2, 0.25) is 0 Å². The SMILES string of the molecule is COc1cccc(CCNC(=O)CN(Cc2ccccn2)C(C)=O)c1. The number of hydrogen-bond donors (Lipinski definition) is 1. The quantitative estimate of drug-likeness (QED) is 0.795. The molecule has 1 aromatic carbocycles. The van der Waals surface area contributed by atoms with Crippen LogP contribution in [-0.2, 0) is 22.6 Å². The van der Waals surface area contributed by atoms with Gasteiger partial charge in [-0.1, -0.05) is 18.2 Å². The van der Waals surface area contributed by atoms with Gasteiger partial charge in [0.25, 0.3) is 0 Å². The third-order valence-electron chi connectivity index (χ3n) is 3.73. The highest BCUT2D eigenvalue weighted by atomic mass is 16.5. The molecule has 1 heterocycles. The molecule has 0 bridgehead atoms. The standard InChI is InChI=1S/C19H23N3O3/c1-15(23)22(13-17-7-3-4-10-20-17)14-19(24)21-11-9-16-6-5-8-18(12-16)25-2/h3-8,10,12H,9,11,13-14H2,1-2H3,(H,21,24). The number of hydrogen-bond acceptors (Lipinski definition) is 4. The lowest BCUT2D eigenvalue weighted by Crippen LogP contribution is -2.40. The molecule has 2 aromatic rings. The molecule has 2 amide bonds. The van der Waals surface area contributed by atoms with Crippen LogP contribution >= 0.6 is 0 Å². The number of nitrogens with one attached hydrogen (secondary N) is 1. The predicted octanol–water partition coefficient (Wildman–Crippen LogP) is 1.80. The maximum Gasteiger partial charge on any atom is 0.239 e. The molecule has 6 nitrogen and oxygen atoms in total. The van der Waals surface area contributed by atoms with Crippen molar-refractivity contribution in [2.45, 2.75) is 19.9 Å². The predicted molar refractivity (Wildman–Crippen MR) is 95.0 cm³/mol. The van der Waals surface area contributed by atoms with Crippen molar-refractivity contribution in [1.29, 1.82) is 0 Å². The summed E-state index contributed by atoms with van der Waals surface area (Å²) in [5.74, 6) is 0.449. The Kier molecular flexibility index (Phi) is 6.95. The number of rotatable bonds is 8. The van der Waals surface area contributed by atoms with Crippen LogP contribution in [-0.4, -0.2) is 41.9 Å². The summed E-state index contributed by atoms with van der Waals surface area (Å²) in [6.45, 7) is 2.29. The van der Waals surface area contributed by atoms with Crippen LogP contribution in [0, 0.1) is 0 Å². The molecule has 0 saturated heterocycles. The number of nitrogens with zero attached hydrogens (tertiary/aromatic N) is 2. The average molecular weight is 341 g/mol. The zero-order valence-corrected chi connectivity index (χ0v) is 14.6. The van der Waals surface area contributed by atoms with E-state index in [0.717, 1.165) is 17.0 Å². The van der Waals surface area contributed by atoms with Crippen molar-refractivity contribution in [2.24, 2.45) is 0 Å². The smallest absolute Gasteiger partial charge is 0.239 e. The first-order valence-electron chi connectivity index (χ1n) is 8.13. The van der Waals surface area contributed by atoms with Crippen LogP contribution in [0.1, 0.15) is 18.2 Å². The molecule has 0 unspecified atom stereocenters. The Morgan fingerprint density at radius 1 is 1.20 bits per heavy atom. The Morgan fingerprint density at radius 3 is 2.72 bits per heavy atom. The summed E-state index contributed by atoms with van der Waals surface area (Å²) in [4.78, 5) is 29.5. The van der Waals surface area contributed by atoms with Gasteiger partial charge in [0.05, 0.1) is 25.9 Å². The van der Waals surface area contributed by atoms with Gasteiger partial charge in [0.2, 0.25) is 11.8 Å². The highest BCUT2D eigenvalue weighted by Gasteiger charge is 2.14. The van der Waals surface area contributed by atoms with Gasteiger partial charge in [0.1, 0.15) is 5.75 Å². The maximum absolute atomic E-state index is 12.1. The lowest BCUT2D eigenvalue weighted by atomic mass is 10.1. The van der Waals surface area contributed by atoms with Crippen molar-refractivity contribution in [3.8, 4) is 5.75 Å². The van der Waals surface area contributed by atoms with Crippen molar-refractivity contribution in [1.82, 2.24) is 15.2 Å². The molecule has 0 aliphatic carbocycles. The summed E-state index contributed by atoms with van der Waals surface area (Å²) in [6, 6.07) is 13.2. The van der Waals surface area contributed by atoms with Gasteiger partial charge in [-0.25, -0.2) is 0 Å². The number of methoxy groups -OCH3 is 1. The summed E-state index contributed by atoms with van der Waals surface area (Å²) < 4.78 is 5.18. The molecule has 2 rings (SSSR count). The highest BCUT2D eigenvalue weighted by Crippen LogP contribution is 2.12. The molecular weight excluding hydrogens is 318 g/mol. The lowest BCUT2D eigenvalue weighted by molar-refractivity contribution is -0.134. The normalized spacial score (nSPS) is 10.2. The van der Waals surface area contributed by atoms with Gasteiger partial charge in [0, 0.05) is 19.7 Å². The fourth-order valence-electron chi connectivity index (χ4n) is 2.37. The van der Waals surface area contributed by atoms with E-state index < -0.39 is 0 Å². The van der Waals surface area contributed by atoms with E-state index in [1.165, 1.54) is 11.8 Å². The molecule has 1 aromatic heterocycles. The maximum atomic E-state index is 12.1. The summed E-state index contributed by atoms with van der Waals surface area (Å²) in [6.07, 6.45) is 2.37. The van der Waals surface area contributed by atoms with Crippen LogP contribution in [0.15, 0.2) is 48.7 Å². The largest absolute Gasteiger partial charge is 0.497 e. The number of ether oxygens (including phenoxy) is 1. The van der Waals surface area contributed by atoms with Crippen molar-refractivity contribution in [2.75, 3.05) is 20.2 Å². The summed E-state index contributed by atoms with van der Waals surface area (Å²) in [5, 5.41) is 2.85. The highest BCUT2D eigenvalue weighted by molar-refractivity contribution is 5.83. The van der Waals surface area contributed by atoms with Crippen molar-refractivity contribution in [3.05, 3.63) is 59.9 Å². The second-order valence-electron chi connectivity index (χ2n) is 5.65. The zero-order chi connectivity index (χ0) is 18.1. The van der Waals surface area contributed by atoms with Crippen molar-refractivity contribution in [3.63, 3.8) is 0 Å². The topological polar surface area (TPSA) is 71.5 Å². The lowest BCUT2D eigenvalue weighted by Gasteiger charge is -2.20. The Labute approximate surface area is 147 Å². The summed E-state index contributed by atoms with van der Waals surface area (Å²) in [7, 11) is 1.62. The van der Waals surface area contributed by atoms with E-state index in [4.69, 9.17) is 4.74 Å². The van der Waals surface area contributed by atoms with Gasteiger partial charge in [-0.2, -0.15) is 0 Å². The number of benzene rings is 1. The molecule has 0 atom stereocenters. The molecular formula is C19H23N3O3. The van der Waals surface area contributed by atoms with Gasteiger partial charge < -0.3 is 15.0 Å². The molecule has 0 saturated carbocycles. The van der Waals surface area contributed by atoms with E-state index in [1.807, 2.05) is 42.5 Å². The Balaban J connectivity index is 1.81. The summed E-state index contributed by atoms with van der Waals surface area (Å²) in [5.41, 5.74) is 1.83. The second kappa shape index (κ2) is 9.42. The first-order chi connectivity index (χ1) is 12.1. The van der Waals surface area contributed by atoms with E-state index in [0.29, 0.717) is 19.5 Å². The van der Waals surface area contributed by atoms with Gasteiger partial charge in [-0.05, 0) is 36.2 Å². The third-order valence-corrected chi connectivity index (χ3v) is 3.73. The summed E-state index contributed by atoms with van der Waals surface area (Å²) >= 11 is 0. The van der Waals surface area contributed by atoms with Crippen LogP contribution in [0.3, 0.4) is 0 Å². The molecule has 0 aliphatic rings. The minimum atomic E-state index is -0.186. The van der Waals surface area contributed by atoms with Crippen molar-refractivity contribution < 1.29 is 14.3 Å². The van der Waals surface area contributed by atoms with E-state index in [2.05, 4.69) is 10.3 Å². The van der Waals surface area contributed by atoms with Gasteiger partial charge >= 0.3 is 0 Å². The number of amides is 2. The first-order valence-corrected chi connectivity index (χ1v) is 8.13. The van der Waals surface area contributed by atoms with E-state index in [1.54, 1.807) is 13.3 Å². The fraction of sp³-hybridized carbons (Fsp3) is 0.316. The van der Waals surface area contributed by atoms with Crippen molar-refractivity contribution >= 4 is 11.8 Å². The molecule has 0 aliphatic heterocycles.